The Kier molecular flexibility index (Phi) is 7.65. The van der Waals surface area contributed by atoms with E-state index in [0.717, 1.165) is 35.2 Å². The van der Waals surface area contributed by atoms with Gasteiger partial charge in [-0.05, 0) is 55.5 Å². The molecule has 0 atom stereocenters. The zero-order chi connectivity index (χ0) is 23.3. The van der Waals surface area contributed by atoms with E-state index >= 15 is 0 Å². The van der Waals surface area contributed by atoms with Crippen molar-refractivity contribution in [3.05, 3.63) is 59.2 Å². The van der Waals surface area contributed by atoms with Crippen LogP contribution in [0, 0.1) is 13.8 Å². The van der Waals surface area contributed by atoms with E-state index in [9.17, 15) is 18.0 Å². The molecule has 1 aliphatic carbocycles. The fourth-order valence-corrected chi connectivity index (χ4v) is 4.05. The average molecular weight is 459 g/mol. The van der Waals surface area contributed by atoms with Crippen molar-refractivity contribution in [2.24, 2.45) is 5.14 Å². The molecule has 2 aromatic rings. The summed E-state index contributed by atoms with van der Waals surface area (Å²) in [5.41, 5.74) is 3.66. The maximum atomic E-state index is 12.6. The standard InChI is InChI=1S/C23H30N4O4S/c1-16-4-3-5-17(2)23(16)26-22(29)15-27(19-8-9-19)13-12-21(28)25-14-18-6-10-20(11-7-18)32(24,30)31/h3-7,10-11,19H,8-9,12-15H2,1-2H3,(H,25,28)(H,26,29)(H2,24,30,31). The number of rotatable bonds is 10. The van der Waals surface area contributed by atoms with Gasteiger partial charge in [-0.25, -0.2) is 13.6 Å². The first-order valence-corrected chi connectivity index (χ1v) is 12.2. The highest BCUT2D eigenvalue weighted by molar-refractivity contribution is 7.89. The summed E-state index contributed by atoms with van der Waals surface area (Å²) in [7, 11) is -3.73. The summed E-state index contributed by atoms with van der Waals surface area (Å²) < 4.78 is 22.6. The van der Waals surface area contributed by atoms with Crippen LogP contribution in [0.3, 0.4) is 0 Å². The van der Waals surface area contributed by atoms with E-state index in [1.54, 1.807) is 12.1 Å². The van der Waals surface area contributed by atoms with Crippen LogP contribution >= 0.6 is 0 Å². The fraction of sp³-hybridized carbons (Fsp3) is 0.391. The van der Waals surface area contributed by atoms with Crippen LogP contribution in [0.25, 0.3) is 0 Å². The molecule has 0 unspecified atom stereocenters. The number of hydrogen-bond donors (Lipinski definition) is 3. The second kappa shape index (κ2) is 10.2. The van der Waals surface area contributed by atoms with Gasteiger partial charge >= 0.3 is 0 Å². The number of amides is 2. The third kappa shape index (κ3) is 6.88. The van der Waals surface area contributed by atoms with Crippen molar-refractivity contribution >= 4 is 27.5 Å². The van der Waals surface area contributed by atoms with Crippen molar-refractivity contribution in [3.63, 3.8) is 0 Å². The van der Waals surface area contributed by atoms with E-state index in [2.05, 4.69) is 15.5 Å². The Morgan fingerprint density at radius 2 is 1.66 bits per heavy atom. The molecule has 2 aromatic carbocycles. The first kappa shape index (κ1) is 23.9. The lowest BCUT2D eigenvalue weighted by atomic mass is 10.1. The predicted octanol–water partition coefficient (Wildman–Crippen LogP) is 2.06. The van der Waals surface area contributed by atoms with E-state index in [1.807, 2.05) is 32.0 Å². The molecule has 1 fully saturated rings. The maximum absolute atomic E-state index is 12.6. The molecule has 3 rings (SSSR count). The Morgan fingerprint density at radius 1 is 1.03 bits per heavy atom. The van der Waals surface area contributed by atoms with Crippen molar-refractivity contribution < 1.29 is 18.0 Å². The molecule has 32 heavy (non-hydrogen) atoms. The normalized spacial score (nSPS) is 13.8. The number of para-hydroxylation sites is 1. The SMILES string of the molecule is Cc1cccc(C)c1NC(=O)CN(CCC(=O)NCc1ccc(S(N)(=O)=O)cc1)C1CC1. The molecule has 0 saturated heterocycles. The number of hydrogen-bond acceptors (Lipinski definition) is 5. The van der Waals surface area contributed by atoms with Gasteiger partial charge in [0.25, 0.3) is 0 Å². The Balaban J connectivity index is 1.47. The summed E-state index contributed by atoms with van der Waals surface area (Å²) in [6.07, 6.45) is 2.35. The zero-order valence-electron chi connectivity index (χ0n) is 18.4. The summed E-state index contributed by atoms with van der Waals surface area (Å²) in [5, 5.41) is 10.9. The van der Waals surface area contributed by atoms with Gasteiger partial charge in [0.1, 0.15) is 0 Å². The average Bonchev–Trinajstić information content (AvgIpc) is 3.57. The molecule has 0 aliphatic heterocycles. The van der Waals surface area contributed by atoms with E-state index in [0.29, 0.717) is 19.1 Å². The van der Waals surface area contributed by atoms with Gasteiger partial charge in [0, 0.05) is 31.2 Å². The van der Waals surface area contributed by atoms with Gasteiger partial charge in [0.15, 0.2) is 0 Å². The van der Waals surface area contributed by atoms with Crippen molar-refractivity contribution in [2.45, 2.75) is 50.6 Å². The topological polar surface area (TPSA) is 122 Å². The van der Waals surface area contributed by atoms with Crippen molar-refractivity contribution in [2.75, 3.05) is 18.4 Å². The molecule has 0 aromatic heterocycles. The minimum absolute atomic E-state index is 0.0341. The number of carbonyl (C=O) groups excluding carboxylic acids is 2. The molecule has 0 heterocycles. The number of sulfonamides is 1. The highest BCUT2D eigenvalue weighted by Gasteiger charge is 2.30. The molecule has 2 amide bonds. The minimum Gasteiger partial charge on any atom is -0.352 e. The molecular weight excluding hydrogens is 428 g/mol. The molecule has 1 aliphatic rings. The first-order chi connectivity index (χ1) is 15.1. The molecule has 0 radical (unpaired) electrons. The van der Waals surface area contributed by atoms with Gasteiger partial charge < -0.3 is 10.6 Å². The summed E-state index contributed by atoms with van der Waals surface area (Å²) in [6.45, 7) is 4.98. The Bertz CT molecular complexity index is 1060. The molecule has 4 N–H and O–H groups in total. The molecule has 0 bridgehead atoms. The lowest BCUT2D eigenvalue weighted by Crippen LogP contribution is -2.38. The van der Waals surface area contributed by atoms with Crippen LogP contribution in [0.4, 0.5) is 5.69 Å². The van der Waals surface area contributed by atoms with Gasteiger partial charge in [-0.2, -0.15) is 0 Å². The van der Waals surface area contributed by atoms with Crippen molar-refractivity contribution in [1.82, 2.24) is 10.2 Å². The summed E-state index contributed by atoms with van der Waals surface area (Å²) >= 11 is 0. The van der Waals surface area contributed by atoms with Gasteiger partial charge in [0.05, 0.1) is 11.4 Å². The smallest absolute Gasteiger partial charge is 0.238 e. The summed E-state index contributed by atoms with van der Waals surface area (Å²) in [4.78, 5) is 27.0. The molecule has 8 nitrogen and oxygen atoms in total. The summed E-state index contributed by atoms with van der Waals surface area (Å²) in [6, 6.07) is 12.3. The third-order valence-corrected chi connectivity index (χ3v) is 6.45. The predicted molar refractivity (Wildman–Crippen MR) is 123 cm³/mol. The van der Waals surface area contributed by atoms with Gasteiger partial charge in [-0.3, -0.25) is 14.5 Å². The first-order valence-electron chi connectivity index (χ1n) is 10.6. The molecule has 172 valence electrons. The lowest BCUT2D eigenvalue weighted by molar-refractivity contribution is -0.122. The monoisotopic (exact) mass is 458 g/mol. The van der Waals surface area contributed by atoms with E-state index in [1.165, 1.54) is 12.1 Å². The van der Waals surface area contributed by atoms with Crippen LogP contribution in [0.15, 0.2) is 47.4 Å². The Labute approximate surface area is 189 Å². The number of benzene rings is 2. The van der Waals surface area contributed by atoms with E-state index < -0.39 is 10.0 Å². The van der Waals surface area contributed by atoms with Gasteiger partial charge in [0.2, 0.25) is 21.8 Å². The van der Waals surface area contributed by atoms with Crippen LogP contribution in [0.1, 0.15) is 36.0 Å². The number of nitrogens with one attached hydrogen (secondary N) is 2. The fourth-order valence-electron chi connectivity index (χ4n) is 3.54. The van der Waals surface area contributed by atoms with E-state index in [4.69, 9.17) is 5.14 Å². The minimum atomic E-state index is -3.73. The molecule has 9 heteroatoms. The number of nitrogens with two attached hydrogens (primary N) is 1. The van der Waals surface area contributed by atoms with Crippen LogP contribution in [0.2, 0.25) is 0 Å². The van der Waals surface area contributed by atoms with Gasteiger partial charge in [-0.1, -0.05) is 30.3 Å². The zero-order valence-corrected chi connectivity index (χ0v) is 19.2. The van der Waals surface area contributed by atoms with Crippen molar-refractivity contribution in [3.8, 4) is 0 Å². The lowest BCUT2D eigenvalue weighted by Gasteiger charge is -2.22. The second-order valence-electron chi connectivity index (χ2n) is 8.23. The Hall–Kier alpha value is -2.75. The maximum Gasteiger partial charge on any atom is 0.238 e. The highest BCUT2D eigenvalue weighted by atomic mass is 32.2. The molecule has 0 spiro atoms. The van der Waals surface area contributed by atoms with Crippen LogP contribution in [-0.2, 0) is 26.2 Å². The number of carbonyl (C=O) groups is 2. The number of primary sulfonamides is 1. The highest BCUT2D eigenvalue weighted by Crippen LogP contribution is 2.27. The quantitative estimate of drug-likeness (QED) is 0.503. The van der Waals surface area contributed by atoms with Gasteiger partial charge in [-0.15, -0.1) is 0 Å². The number of aryl methyl sites for hydroxylation is 2. The van der Waals surface area contributed by atoms with Crippen molar-refractivity contribution in [1.29, 1.82) is 0 Å². The second-order valence-corrected chi connectivity index (χ2v) is 9.79. The van der Waals surface area contributed by atoms with Crippen LogP contribution in [-0.4, -0.2) is 44.3 Å². The van der Waals surface area contributed by atoms with E-state index in [-0.39, 0.29) is 29.7 Å². The third-order valence-electron chi connectivity index (χ3n) is 5.52. The largest absolute Gasteiger partial charge is 0.352 e. The molecule has 1 saturated carbocycles. The summed E-state index contributed by atoms with van der Waals surface area (Å²) in [5.74, 6) is -0.203. The number of anilines is 1. The van der Waals surface area contributed by atoms with Crippen LogP contribution in [0.5, 0.6) is 0 Å². The van der Waals surface area contributed by atoms with Crippen LogP contribution < -0.4 is 15.8 Å². The Morgan fingerprint density at radius 3 is 2.22 bits per heavy atom. The molecular formula is C23H30N4O4S. The number of nitrogens with zero attached hydrogens (tertiary/aromatic N) is 1.